The molecule has 6 nitrogen and oxygen atoms in total. The van der Waals surface area contributed by atoms with Crippen molar-refractivity contribution in [2.24, 2.45) is 5.92 Å². The molecular formula is C20H29N5OS. The number of carbonyl (C=O) groups is 1. The number of thioether (sulfide) groups is 1. The Morgan fingerprint density at radius 1 is 1.15 bits per heavy atom. The van der Waals surface area contributed by atoms with Gasteiger partial charge in [0, 0.05) is 19.1 Å². The van der Waals surface area contributed by atoms with Gasteiger partial charge in [-0.15, -0.1) is 10.2 Å². The van der Waals surface area contributed by atoms with Gasteiger partial charge >= 0.3 is 0 Å². The fourth-order valence-corrected chi connectivity index (χ4v) is 3.75. The zero-order valence-corrected chi connectivity index (χ0v) is 17.4. The second kappa shape index (κ2) is 8.78. The summed E-state index contributed by atoms with van der Waals surface area (Å²) in [5.41, 5.74) is 2.25. The molecule has 0 bridgehead atoms. The molecule has 1 unspecified atom stereocenters. The van der Waals surface area contributed by atoms with Crippen molar-refractivity contribution in [3.8, 4) is 5.69 Å². The molecule has 0 saturated carbocycles. The van der Waals surface area contributed by atoms with E-state index in [1.54, 1.807) is 0 Å². The number of hydrogen-bond acceptors (Lipinski definition) is 5. The molecule has 1 aromatic heterocycles. The average molecular weight is 388 g/mol. The van der Waals surface area contributed by atoms with Crippen LogP contribution in [0.3, 0.4) is 0 Å². The van der Waals surface area contributed by atoms with Crippen molar-refractivity contribution in [1.29, 1.82) is 0 Å². The van der Waals surface area contributed by atoms with Crippen LogP contribution in [0.25, 0.3) is 5.69 Å². The molecule has 0 aliphatic carbocycles. The lowest BCUT2D eigenvalue weighted by Gasteiger charge is -2.19. The summed E-state index contributed by atoms with van der Waals surface area (Å²) in [6.45, 7) is 10.3. The largest absolute Gasteiger partial charge is 0.353 e. The molecule has 2 heterocycles. The van der Waals surface area contributed by atoms with Crippen molar-refractivity contribution in [3.05, 3.63) is 29.8 Å². The Morgan fingerprint density at radius 3 is 2.44 bits per heavy atom. The highest BCUT2D eigenvalue weighted by molar-refractivity contribution is 7.99. The van der Waals surface area contributed by atoms with Gasteiger partial charge in [-0.25, -0.2) is 0 Å². The van der Waals surface area contributed by atoms with E-state index in [1.807, 2.05) is 6.92 Å². The number of rotatable bonds is 7. The third kappa shape index (κ3) is 4.83. The van der Waals surface area contributed by atoms with Gasteiger partial charge in [-0.1, -0.05) is 43.3 Å². The summed E-state index contributed by atoms with van der Waals surface area (Å²) in [5.74, 6) is 1.65. The van der Waals surface area contributed by atoms with E-state index in [4.69, 9.17) is 0 Å². The Morgan fingerprint density at radius 2 is 1.81 bits per heavy atom. The van der Waals surface area contributed by atoms with Crippen LogP contribution < -0.4 is 10.2 Å². The summed E-state index contributed by atoms with van der Waals surface area (Å²) in [7, 11) is 0. The normalized spacial score (nSPS) is 15.4. The van der Waals surface area contributed by atoms with E-state index in [0.29, 0.717) is 11.7 Å². The standard InChI is InChI=1S/C20H29N5OS/c1-14(2)16(4)21-18(26)13-27-20-23-22-19(24-11-5-6-12-24)25(20)17-9-7-15(3)8-10-17/h7-10,14,16H,5-6,11-13H2,1-4H3,(H,21,26). The molecule has 1 aliphatic rings. The zero-order chi connectivity index (χ0) is 19.4. The van der Waals surface area contributed by atoms with Crippen LogP contribution in [0.4, 0.5) is 5.95 Å². The first-order valence-corrected chi connectivity index (χ1v) is 10.6. The number of amides is 1. The van der Waals surface area contributed by atoms with Crippen LogP contribution in [0.2, 0.25) is 0 Å². The first-order chi connectivity index (χ1) is 13.0. The Kier molecular flexibility index (Phi) is 6.42. The van der Waals surface area contributed by atoms with Crippen LogP contribution >= 0.6 is 11.8 Å². The number of nitrogens with zero attached hydrogens (tertiary/aromatic N) is 4. The van der Waals surface area contributed by atoms with Gasteiger partial charge in [0.25, 0.3) is 0 Å². The number of hydrogen-bond donors (Lipinski definition) is 1. The van der Waals surface area contributed by atoms with Gasteiger partial charge in [0.2, 0.25) is 11.9 Å². The van der Waals surface area contributed by atoms with Gasteiger partial charge in [-0.2, -0.15) is 0 Å². The number of nitrogens with one attached hydrogen (secondary N) is 1. The smallest absolute Gasteiger partial charge is 0.232 e. The topological polar surface area (TPSA) is 63.1 Å². The highest BCUT2D eigenvalue weighted by Crippen LogP contribution is 2.28. The summed E-state index contributed by atoms with van der Waals surface area (Å²) in [6, 6.07) is 8.52. The van der Waals surface area contributed by atoms with E-state index in [1.165, 1.54) is 30.2 Å². The first kappa shape index (κ1) is 19.7. The summed E-state index contributed by atoms with van der Waals surface area (Å²) in [4.78, 5) is 14.6. The van der Waals surface area contributed by atoms with E-state index < -0.39 is 0 Å². The molecule has 1 saturated heterocycles. The number of aromatic nitrogens is 3. The molecule has 146 valence electrons. The van der Waals surface area contributed by atoms with Crippen molar-refractivity contribution in [2.75, 3.05) is 23.7 Å². The molecule has 7 heteroatoms. The van der Waals surface area contributed by atoms with Gasteiger partial charge < -0.3 is 10.2 Å². The maximum atomic E-state index is 12.3. The predicted octanol–water partition coefficient (Wildman–Crippen LogP) is 3.43. The fourth-order valence-electron chi connectivity index (χ4n) is 2.99. The highest BCUT2D eigenvalue weighted by atomic mass is 32.2. The lowest BCUT2D eigenvalue weighted by molar-refractivity contribution is -0.119. The van der Waals surface area contributed by atoms with Crippen molar-refractivity contribution in [3.63, 3.8) is 0 Å². The molecule has 1 amide bonds. The Hall–Kier alpha value is -2.02. The van der Waals surface area contributed by atoms with Crippen LogP contribution in [0.5, 0.6) is 0 Å². The van der Waals surface area contributed by atoms with Crippen molar-refractivity contribution >= 4 is 23.6 Å². The van der Waals surface area contributed by atoms with Crippen molar-refractivity contribution in [1.82, 2.24) is 20.1 Å². The van der Waals surface area contributed by atoms with Gasteiger partial charge in [-0.05, 0) is 44.7 Å². The summed E-state index contributed by atoms with van der Waals surface area (Å²) >= 11 is 1.44. The summed E-state index contributed by atoms with van der Waals surface area (Å²) < 4.78 is 2.08. The molecule has 3 rings (SSSR count). The predicted molar refractivity (Wildman–Crippen MR) is 111 cm³/mol. The average Bonchev–Trinajstić information content (AvgIpc) is 3.30. The number of aryl methyl sites for hydroxylation is 1. The lowest BCUT2D eigenvalue weighted by Crippen LogP contribution is -2.37. The quantitative estimate of drug-likeness (QED) is 0.738. The summed E-state index contributed by atoms with van der Waals surface area (Å²) in [6.07, 6.45) is 2.36. The van der Waals surface area contributed by atoms with Crippen LogP contribution in [0.15, 0.2) is 29.4 Å². The Balaban J connectivity index is 1.80. The second-order valence-electron chi connectivity index (χ2n) is 7.54. The van der Waals surface area contributed by atoms with Crippen molar-refractivity contribution in [2.45, 2.75) is 51.7 Å². The highest BCUT2D eigenvalue weighted by Gasteiger charge is 2.23. The molecule has 1 fully saturated rings. The van der Waals surface area contributed by atoms with E-state index in [-0.39, 0.29) is 11.9 Å². The Bertz CT molecular complexity index is 765. The third-order valence-corrected chi connectivity index (χ3v) is 5.95. The fraction of sp³-hybridized carbons (Fsp3) is 0.550. The van der Waals surface area contributed by atoms with Crippen LogP contribution in [-0.4, -0.2) is 45.6 Å². The molecule has 0 radical (unpaired) electrons. The lowest BCUT2D eigenvalue weighted by atomic mass is 10.1. The van der Waals surface area contributed by atoms with Crippen molar-refractivity contribution < 1.29 is 4.79 Å². The third-order valence-electron chi connectivity index (χ3n) is 5.02. The number of carbonyl (C=O) groups excluding carboxylic acids is 1. The molecule has 27 heavy (non-hydrogen) atoms. The van der Waals surface area contributed by atoms with E-state index in [0.717, 1.165) is 29.9 Å². The van der Waals surface area contributed by atoms with Crippen LogP contribution in [-0.2, 0) is 4.79 Å². The van der Waals surface area contributed by atoms with Gasteiger partial charge in [0.15, 0.2) is 5.16 Å². The molecular weight excluding hydrogens is 358 g/mol. The van der Waals surface area contributed by atoms with Crippen LogP contribution in [0.1, 0.15) is 39.2 Å². The molecule has 1 atom stereocenters. The zero-order valence-electron chi connectivity index (χ0n) is 16.6. The number of benzene rings is 1. The Labute approximate surface area is 165 Å². The summed E-state index contributed by atoms with van der Waals surface area (Å²) in [5, 5.41) is 12.7. The molecule has 0 spiro atoms. The van der Waals surface area contributed by atoms with E-state index >= 15 is 0 Å². The van der Waals surface area contributed by atoms with Gasteiger partial charge in [0.05, 0.1) is 11.4 Å². The maximum absolute atomic E-state index is 12.3. The second-order valence-corrected chi connectivity index (χ2v) is 8.48. The van der Waals surface area contributed by atoms with Gasteiger partial charge in [-0.3, -0.25) is 9.36 Å². The molecule has 2 aromatic rings. The number of anilines is 1. The van der Waals surface area contributed by atoms with Crippen LogP contribution in [0, 0.1) is 12.8 Å². The van der Waals surface area contributed by atoms with E-state index in [9.17, 15) is 4.79 Å². The van der Waals surface area contributed by atoms with E-state index in [2.05, 4.69) is 70.0 Å². The minimum absolute atomic E-state index is 0.0300. The molecule has 1 N–H and O–H groups in total. The monoisotopic (exact) mass is 387 g/mol. The maximum Gasteiger partial charge on any atom is 0.232 e. The molecule has 1 aromatic carbocycles. The molecule has 1 aliphatic heterocycles. The first-order valence-electron chi connectivity index (χ1n) is 9.65. The minimum atomic E-state index is 0.0300. The minimum Gasteiger partial charge on any atom is -0.353 e. The van der Waals surface area contributed by atoms with Gasteiger partial charge in [0.1, 0.15) is 0 Å². The SMILES string of the molecule is Cc1ccc(-n2c(SCC(=O)NC(C)C(C)C)nnc2N2CCCC2)cc1.